The Hall–Kier alpha value is -0.0100. The molecule has 1 atom stereocenters. The van der Waals surface area contributed by atoms with Crippen molar-refractivity contribution >= 4 is 11.6 Å². The second-order valence-corrected chi connectivity index (χ2v) is 4.22. The molecule has 0 aliphatic carbocycles. The maximum absolute atomic E-state index is 5.58. The zero-order valence-corrected chi connectivity index (χ0v) is 10.5. The third-order valence-corrected chi connectivity index (χ3v) is 2.94. The highest BCUT2D eigenvalue weighted by atomic mass is 35.5. The van der Waals surface area contributed by atoms with Gasteiger partial charge in [-0.1, -0.05) is 44.7 Å². The second-order valence-electron chi connectivity index (χ2n) is 4.00. The molecule has 2 heteroatoms. The molecule has 1 nitrogen and oxygen atoms in total. The van der Waals surface area contributed by atoms with Gasteiger partial charge in [0.25, 0.3) is 0 Å². The van der Waals surface area contributed by atoms with Gasteiger partial charge < -0.3 is 5.32 Å². The van der Waals surface area contributed by atoms with Gasteiger partial charge in [0.1, 0.15) is 0 Å². The SMILES string of the molecule is CCCCC(CC)CNCC(C)=CCl. The summed E-state index contributed by atoms with van der Waals surface area (Å²) in [4.78, 5) is 0. The molecule has 0 aromatic rings. The first kappa shape index (κ1) is 14.0. The fraction of sp³-hybridized carbons (Fsp3) is 0.833. The Morgan fingerprint density at radius 1 is 1.43 bits per heavy atom. The Balaban J connectivity index is 3.52. The first-order valence-electron chi connectivity index (χ1n) is 5.71. The molecular weight excluding hydrogens is 194 g/mol. The van der Waals surface area contributed by atoms with E-state index in [0.29, 0.717) is 0 Å². The van der Waals surface area contributed by atoms with E-state index >= 15 is 0 Å². The lowest BCUT2D eigenvalue weighted by atomic mass is 9.99. The molecule has 0 saturated heterocycles. The predicted molar refractivity (Wildman–Crippen MR) is 65.8 cm³/mol. The average molecular weight is 218 g/mol. The van der Waals surface area contributed by atoms with E-state index in [2.05, 4.69) is 19.2 Å². The highest BCUT2D eigenvalue weighted by molar-refractivity contribution is 6.25. The minimum atomic E-state index is 0.832. The number of halogens is 1. The minimum Gasteiger partial charge on any atom is -0.313 e. The van der Waals surface area contributed by atoms with Gasteiger partial charge in [0.2, 0.25) is 0 Å². The summed E-state index contributed by atoms with van der Waals surface area (Å²) in [5.41, 5.74) is 2.86. The molecule has 0 radical (unpaired) electrons. The van der Waals surface area contributed by atoms with E-state index in [0.717, 1.165) is 19.0 Å². The Labute approximate surface area is 93.9 Å². The lowest BCUT2D eigenvalue weighted by Crippen LogP contribution is -2.24. The topological polar surface area (TPSA) is 12.0 Å². The van der Waals surface area contributed by atoms with Crippen molar-refractivity contribution < 1.29 is 0 Å². The maximum Gasteiger partial charge on any atom is 0.0173 e. The van der Waals surface area contributed by atoms with Crippen LogP contribution in [0.2, 0.25) is 0 Å². The van der Waals surface area contributed by atoms with Gasteiger partial charge in [-0.3, -0.25) is 0 Å². The number of unbranched alkanes of at least 4 members (excludes halogenated alkanes) is 1. The van der Waals surface area contributed by atoms with Crippen LogP contribution >= 0.6 is 11.6 Å². The maximum atomic E-state index is 5.58. The fourth-order valence-corrected chi connectivity index (χ4v) is 1.53. The molecule has 0 saturated carbocycles. The van der Waals surface area contributed by atoms with Gasteiger partial charge in [0.15, 0.2) is 0 Å². The van der Waals surface area contributed by atoms with E-state index in [1.807, 2.05) is 6.92 Å². The molecule has 0 heterocycles. The van der Waals surface area contributed by atoms with Gasteiger partial charge in [0.05, 0.1) is 0 Å². The molecule has 0 fully saturated rings. The Morgan fingerprint density at radius 3 is 2.64 bits per heavy atom. The van der Waals surface area contributed by atoms with Crippen LogP contribution in [0.3, 0.4) is 0 Å². The molecule has 14 heavy (non-hydrogen) atoms. The van der Waals surface area contributed by atoms with Gasteiger partial charge in [-0.15, -0.1) is 0 Å². The van der Waals surface area contributed by atoms with Crippen LogP contribution in [0.5, 0.6) is 0 Å². The number of rotatable bonds is 8. The standard InChI is InChI=1S/C12H24ClN/c1-4-6-7-12(5-2)10-14-9-11(3)8-13/h8,12,14H,4-7,9-10H2,1-3H3. The van der Waals surface area contributed by atoms with Crippen LogP contribution < -0.4 is 5.32 Å². The third kappa shape index (κ3) is 7.40. The Bertz CT molecular complexity index is 154. The molecule has 0 amide bonds. The molecule has 0 aromatic carbocycles. The van der Waals surface area contributed by atoms with Crippen LogP contribution in [-0.4, -0.2) is 13.1 Å². The summed E-state index contributed by atoms with van der Waals surface area (Å²) in [5.74, 6) is 0.832. The van der Waals surface area contributed by atoms with E-state index in [4.69, 9.17) is 11.6 Å². The number of hydrogen-bond donors (Lipinski definition) is 1. The van der Waals surface area contributed by atoms with E-state index in [1.54, 1.807) is 5.54 Å². The molecule has 0 spiro atoms. The summed E-state index contributed by atoms with van der Waals surface area (Å²) in [5, 5.41) is 3.44. The van der Waals surface area contributed by atoms with Crippen molar-refractivity contribution in [3.8, 4) is 0 Å². The smallest absolute Gasteiger partial charge is 0.0173 e. The largest absolute Gasteiger partial charge is 0.313 e. The number of nitrogens with one attached hydrogen (secondary N) is 1. The first-order valence-corrected chi connectivity index (χ1v) is 6.14. The summed E-state index contributed by atoms with van der Waals surface area (Å²) in [6.07, 6.45) is 5.28. The van der Waals surface area contributed by atoms with E-state index in [9.17, 15) is 0 Å². The molecule has 0 aliphatic rings. The van der Waals surface area contributed by atoms with Crippen LogP contribution in [-0.2, 0) is 0 Å². The van der Waals surface area contributed by atoms with Crippen molar-refractivity contribution in [1.82, 2.24) is 5.32 Å². The highest BCUT2D eigenvalue weighted by Gasteiger charge is 2.04. The first-order chi connectivity index (χ1) is 6.74. The van der Waals surface area contributed by atoms with Crippen molar-refractivity contribution in [1.29, 1.82) is 0 Å². The monoisotopic (exact) mass is 217 g/mol. The normalized spacial score (nSPS) is 14.4. The predicted octanol–water partition coefficient (Wildman–Crippen LogP) is 3.94. The van der Waals surface area contributed by atoms with Crippen LogP contribution in [0.25, 0.3) is 0 Å². The van der Waals surface area contributed by atoms with Gasteiger partial charge in [-0.2, -0.15) is 0 Å². The summed E-state index contributed by atoms with van der Waals surface area (Å²) in [6.45, 7) is 8.62. The van der Waals surface area contributed by atoms with Gasteiger partial charge in [-0.05, 0) is 31.4 Å². The molecule has 1 unspecified atom stereocenters. The lowest BCUT2D eigenvalue weighted by molar-refractivity contribution is 0.426. The van der Waals surface area contributed by atoms with Gasteiger partial charge >= 0.3 is 0 Å². The third-order valence-electron chi connectivity index (χ3n) is 2.57. The van der Waals surface area contributed by atoms with Crippen LogP contribution in [0, 0.1) is 5.92 Å². The molecular formula is C12H24ClN. The zero-order valence-electron chi connectivity index (χ0n) is 9.78. The van der Waals surface area contributed by atoms with Gasteiger partial charge in [0, 0.05) is 12.1 Å². The van der Waals surface area contributed by atoms with Crippen molar-refractivity contribution in [3.05, 3.63) is 11.1 Å². The van der Waals surface area contributed by atoms with Crippen molar-refractivity contribution in [3.63, 3.8) is 0 Å². The van der Waals surface area contributed by atoms with Crippen molar-refractivity contribution in [2.45, 2.75) is 46.5 Å². The van der Waals surface area contributed by atoms with Crippen molar-refractivity contribution in [2.75, 3.05) is 13.1 Å². The second kappa shape index (κ2) is 9.54. The van der Waals surface area contributed by atoms with E-state index in [-0.39, 0.29) is 0 Å². The summed E-state index contributed by atoms with van der Waals surface area (Å²) >= 11 is 5.58. The zero-order chi connectivity index (χ0) is 10.8. The molecule has 0 aromatic heterocycles. The van der Waals surface area contributed by atoms with E-state index < -0.39 is 0 Å². The summed E-state index contributed by atoms with van der Waals surface area (Å²) in [6, 6.07) is 0. The summed E-state index contributed by atoms with van der Waals surface area (Å²) < 4.78 is 0. The molecule has 0 rings (SSSR count). The van der Waals surface area contributed by atoms with Crippen molar-refractivity contribution in [2.24, 2.45) is 5.92 Å². The summed E-state index contributed by atoms with van der Waals surface area (Å²) in [7, 11) is 0. The lowest BCUT2D eigenvalue weighted by Gasteiger charge is -2.15. The number of hydrogen-bond acceptors (Lipinski definition) is 1. The van der Waals surface area contributed by atoms with Crippen LogP contribution in [0.1, 0.15) is 46.5 Å². The average Bonchev–Trinajstić information content (AvgIpc) is 2.22. The molecule has 0 aliphatic heterocycles. The quantitative estimate of drug-likeness (QED) is 0.650. The highest BCUT2D eigenvalue weighted by Crippen LogP contribution is 2.11. The van der Waals surface area contributed by atoms with Gasteiger partial charge in [-0.25, -0.2) is 0 Å². The fourth-order valence-electron chi connectivity index (χ4n) is 1.46. The Kier molecular flexibility index (Phi) is 9.53. The molecule has 1 N–H and O–H groups in total. The van der Waals surface area contributed by atoms with Crippen LogP contribution in [0.4, 0.5) is 0 Å². The molecule has 84 valence electrons. The van der Waals surface area contributed by atoms with E-state index in [1.165, 1.54) is 31.3 Å². The Morgan fingerprint density at radius 2 is 2.14 bits per heavy atom. The van der Waals surface area contributed by atoms with Crippen LogP contribution in [0.15, 0.2) is 11.1 Å². The molecule has 0 bridgehead atoms. The minimum absolute atomic E-state index is 0.832.